The Morgan fingerprint density at radius 1 is 0.952 bits per heavy atom. The molecule has 1 aromatic rings. The van der Waals surface area contributed by atoms with Crippen LogP contribution in [-0.2, 0) is 0 Å². The number of anilines is 3. The molecule has 0 saturated carbocycles. The van der Waals surface area contributed by atoms with Crippen LogP contribution >= 0.6 is 0 Å². The lowest BCUT2D eigenvalue weighted by Gasteiger charge is -2.19. The number of rotatable bonds is 11. The van der Waals surface area contributed by atoms with Crippen molar-refractivity contribution < 1.29 is 5.11 Å². The van der Waals surface area contributed by atoms with Crippen LogP contribution in [0.2, 0.25) is 0 Å². The molecule has 7 heteroatoms. The largest absolute Gasteiger partial charge is 0.396 e. The molecular formula is C14H28N6O. The van der Waals surface area contributed by atoms with E-state index in [1.54, 1.807) is 7.05 Å². The summed E-state index contributed by atoms with van der Waals surface area (Å²) >= 11 is 0. The van der Waals surface area contributed by atoms with Crippen molar-refractivity contribution in [2.45, 2.75) is 39.5 Å². The summed E-state index contributed by atoms with van der Waals surface area (Å²) in [5.74, 6) is 1.88. The summed E-state index contributed by atoms with van der Waals surface area (Å²) in [6.45, 7) is 7.01. The molecule has 1 aromatic heterocycles. The lowest BCUT2D eigenvalue weighted by atomic mass is 10.2. The van der Waals surface area contributed by atoms with Crippen molar-refractivity contribution in [3.05, 3.63) is 0 Å². The van der Waals surface area contributed by atoms with E-state index in [1.165, 1.54) is 0 Å². The Morgan fingerprint density at radius 2 is 1.62 bits per heavy atom. The van der Waals surface area contributed by atoms with E-state index >= 15 is 0 Å². The van der Waals surface area contributed by atoms with Gasteiger partial charge in [-0.1, -0.05) is 12.8 Å². The van der Waals surface area contributed by atoms with E-state index in [2.05, 4.69) is 44.3 Å². The first kappa shape index (κ1) is 17.4. The number of nitrogens with one attached hydrogen (secondary N) is 2. The van der Waals surface area contributed by atoms with Crippen molar-refractivity contribution >= 4 is 17.8 Å². The van der Waals surface area contributed by atoms with Crippen LogP contribution in [0, 0.1) is 0 Å². The Hall–Kier alpha value is -1.63. The van der Waals surface area contributed by atoms with E-state index in [0.717, 1.165) is 45.3 Å². The maximum atomic E-state index is 8.73. The summed E-state index contributed by atoms with van der Waals surface area (Å²) in [5, 5.41) is 15.0. The maximum Gasteiger partial charge on any atom is 0.231 e. The quantitative estimate of drug-likeness (QED) is 0.536. The summed E-state index contributed by atoms with van der Waals surface area (Å²) in [4.78, 5) is 15.3. The lowest BCUT2D eigenvalue weighted by Crippen LogP contribution is -2.25. The fourth-order valence-electron chi connectivity index (χ4n) is 1.99. The number of aliphatic hydroxyl groups excluding tert-OH is 1. The molecule has 1 heterocycles. The van der Waals surface area contributed by atoms with E-state index in [1.807, 2.05) is 0 Å². The summed E-state index contributed by atoms with van der Waals surface area (Å²) in [6, 6.07) is 0. The molecule has 0 amide bonds. The highest BCUT2D eigenvalue weighted by atomic mass is 16.2. The Balaban J connectivity index is 2.58. The smallest absolute Gasteiger partial charge is 0.231 e. The van der Waals surface area contributed by atoms with Gasteiger partial charge in [0.15, 0.2) is 0 Å². The fraction of sp³-hybridized carbons (Fsp3) is 0.786. The summed E-state index contributed by atoms with van der Waals surface area (Å²) in [5.41, 5.74) is 0. The molecular weight excluding hydrogens is 268 g/mol. The second kappa shape index (κ2) is 10.1. The van der Waals surface area contributed by atoms with Crippen LogP contribution in [0.3, 0.4) is 0 Å². The molecule has 0 saturated heterocycles. The van der Waals surface area contributed by atoms with Gasteiger partial charge in [-0.3, -0.25) is 0 Å². The third kappa shape index (κ3) is 6.12. The third-order valence-corrected chi connectivity index (χ3v) is 3.26. The molecule has 0 aromatic carbocycles. The average molecular weight is 296 g/mol. The van der Waals surface area contributed by atoms with Gasteiger partial charge in [-0.2, -0.15) is 15.0 Å². The van der Waals surface area contributed by atoms with Gasteiger partial charge in [0.05, 0.1) is 0 Å². The van der Waals surface area contributed by atoms with Gasteiger partial charge in [0.1, 0.15) is 0 Å². The molecule has 7 nitrogen and oxygen atoms in total. The van der Waals surface area contributed by atoms with Crippen molar-refractivity contribution in [2.75, 3.05) is 48.8 Å². The van der Waals surface area contributed by atoms with Crippen LogP contribution in [0.25, 0.3) is 0 Å². The topological polar surface area (TPSA) is 86.2 Å². The number of unbranched alkanes of at least 4 members (excludes halogenated alkanes) is 3. The van der Waals surface area contributed by atoms with Crippen LogP contribution < -0.4 is 15.5 Å². The minimum absolute atomic E-state index is 0.277. The zero-order valence-electron chi connectivity index (χ0n) is 13.4. The van der Waals surface area contributed by atoms with E-state index in [-0.39, 0.29) is 6.61 Å². The molecule has 0 aliphatic rings. The normalized spacial score (nSPS) is 10.5. The van der Waals surface area contributed by atoms with Crippen molar-refractivity contribution in [3.8, 4) is 0 Å². The summed E-state index contributed by atoms with van der Waals surface area (Å²) in [6.07, 6.45) is 4.07. The van der Waals surface area contributed by atoms with E-state index in [4.69, 9.17) is 5.11 Å². The molecule has 0 bridgehead atoms. The average Bonchev–Trinajstić information content (AvgIpc) is 2.51. The Labute approximate surface area is 127 Å². The minimum atomic E-state index is 0.277. The second-order valence-electron chi connectivity index (χ2n) is 4.77. The molecule has 21 heavy (non-hydrogen) atoms. The van der Waals surface area contributed by atoms with Crippen LogP contribution in [0.1, 0.15) is 39.5 Å². The first-order chi connectivity index (χ1) is 10.2. The first-order valence-electron chi connectivity index (χ1n) is 7.78. The van der Waals surface area contributed by atoms with Crippen LogP contribution in [0.4, 0.5) is 17.8 Å². The highest BCUT2D eigenvalue weighted by molar-refractivity contribution is 5.43. The van der Waals surface area contributed by atoms with Crippen molar-refractivity contribution in [1.29, 1.82) is 0 Å². The predicted octanol–water partition coefficient (Wildman–Crippen LogP) is 1.72. The standard InChI is InChI=1S/C14H28N6O/c1-4-20(5-2)14-18-12(15-3)17-13(19-14)16-10-8-6-7-9-11-21/h21H,4-11H2,1-3H3,(H2,15,16,17,18,19). The van der Waals surface area contributed by atoms with Gasteiger partial charge < -0.3 is 20.6 Å². The van der Waals surface area contributed by atoms with Crippen LogP contribution in [-0.4, -0.2) is 53.3 Å². The number of nitrogens with zero attached hydrogens (tertiary/aromatic N) is 4. The van der Waals surface area contributed by atoms with Gasteiger partial charge in [0.2, 0.25) is 17.8 Å². The van der Waals surface area contributed by atoms with Gasteiger partial charge in [-0.05, 0) is 26.7 Å². The Kier molecular flexibility index (Phi) is 8.42. The molecule has 0 atom stereocenters. The molecule has 0 fully saturated rings. The number of aliphatic hydroxyl groups is 1. The molecule has 0 aliphatic carbocycles. The predicted molar refractivity (Wildman–Crippen MR) is 87.0 cm³/mol. The van der Waals surface area contributed by atoms with Crippen molar-refractivity contribution in [1.82, 2.24) is 15.0 Å². The van der Waals surface area contributed by atoms with E-state index in [0.29, 0.717) is 17.8 Å². The summed E-state index contributed by atoms with van der Waals surface area (Å²) in [7, 11) is 1.81. The Morgan fingerprint density at radius 3 is 2.24 bits per heavy atom. The zero-order chi connectivity index (χ0) is 15.5. The van der Waals surface area contributed by atoms with Gasteiger partial charge in [-0.15, -0.1) is 0 Å². The number of hydrogen-bond donors (Lipinski definition) is 3. The van der Waals surface area contributed by atoms with Crippen molar-refractivity contribution in [2.24, 2.45) is 0 Å². The summed E-state index contributed by atoms with van der Waals surface area (Å²) < 4.78 is 0. The first-order valence-corrected chi connectivity index (χ1v) is 7.78. The van der Waals surface area contributed by atoms with E-state index < -0.39 is 0 Å². The van der Waals surface area contributed by atoms with Crippen LogP contribution in [0.15, 0.2) is 0 Å². The third-order valence-electron chi connectivity index (χ3n) is 3.26. The molecule has 0 unspecified atom stereocenters. The van der Waals surface area contributed by atoms with Crippen molar-refractivity contribution in [3.63, 3.8) is 0 Å². The molecule has 3 N–H and O–H groups in total. The van der Waals surface area contributed by atoms with Gasteiger partial charge in [0.25, 0.3) is 0 Å². The van der Waals surface area contributed by atoms with E-state index in [9.17, 15) is 0 Å². The highest BCUT2D eigenvalue weighted by Gasteiger charge is 2.10. The molecule has 1 rings (SSSR count). The molecule has 0 radical (unpaired) electrons. The second-order valence-corrected chi connectivity index (χ2v) is 4.77. The molecule has 120 valence electrons. The van der Waals surface area contributed by atoms with Gasteiger partial charge in [-0.25, -0.2) is 0 Å². The Bertz CT molecular complexity index is 397. The lowest BCUT2D eigenvalue weighted by molar-refractivity contribution is 0.283. The monoisotopic (exact) mass is 296 g/mol. The van der Waals surface area contributed by atoms with Gasteiger partial charge in [0, 0.05) is 33.3 Å². The molecule has 0 aliphatic heterocycles. The molecule has 0 spiro atoms. The van der Waals surface area contributed by atoms with Crippen LogP contribution in [0.5, 0.6) is 0 Å². The zero-order valence-corrected chi connectivity index (χ0v) is 13.4. The number of hydrogen-bond acceptors (Lipinski definition) is 7. The SMILES string of the molecule is CCN(CC)c1nc(NC)nc(NCCCCCCO)n1. The fourth-order valence-corrected chi connectivity index (χ4v) is 1.99. The number of aromatic nitrogens is 3. The highest BCUT2D eigenvalue weighted by Crippen LogP contribution is 2.13. The maximum absolute atomic E-state index is 8.73. The van der Waals surface area contributed by atoms with Gasteiger partial charge >= 0.3 is 0 Å². The minimum Gasteiger partial charge on any atom is -0.396 e.